The Labute approximate surface area is 125 Å². The van der Waals surface area contributed by atoms with Crippen LogP contribution in [0.1, 0.15) is 32.4 Å². The summed E-state index contributed by atoms with van der Waals surface area (Å²) in [5.41, 5.74) is 3.68. The molecule has 3 rings (SSSR count). The van der Waals surface area contributed by atoms with E-state index >= 15 is 0 Å². The number of piperidine rings is 1. The first kappa shape index (κ1) is 13.7. The van der Waals surface area contributed by atoms with Gasteiger partial charge in [0.15, 0.2) is 0 Å². The molecule has 1 aliphatic rings. The molecule has 2 nitrogen and oxygen atoms in total. The summed E-state index contributed by atoms with van der Waals surface area (Å²) in [7, 11) is 0. The van der Waals surface area contributed by atoms with Crippen molar-refractivity contribution in [2.24, 2.45) is 5.41 Å². The molecule has 106 valence electrons. The van der Waals surface area contributed by atoms with E-state index in [1.807, 2.05) is 6.07 Å². The van der Waals surface area contributed by atoms with Gasteiger partial charge in [0, 0.05) is 24.2 Å². The van der Waals surface area contributed by atoms with Crippen molar-refractivity contribution >= 4 is 28.2 Å². The summed E-state index contributed by atoms with van der Waals surface area (Å²) in [6, 6.07) is 10.5. The number of pyridine rings is 1. The highest BCUT2D eigenvalue weighted by atomic mass is 35.5. The van der Waals surface area contributed by atoms with Crippen molar-refractivity contribution in [1.82, 2.24) is 4.98 Å². The summed E-state index contributed by atoms with van der Waals surface area (Å²) in [6.07, 6.45) is 2.55. The Bertz CT molecular complexity index is 621. The molecule has 1 aliphatic heterocycles. The molecule has 1 saturated heterocycles. The molecule has 1 aromatic heterocycles. The Morgan fingerprint density at radius 3 is 2.85 bits per heavy atom. The van der Waals surface area contributed by atoms with Crippen LogP contribution in [0, 0.1) is 5.41 Å². The van der Waals surface area contributed by atoms with Crippen LogP contribution >= 0.6 is 11.6 Å². The Kier molecular flexibility index (Phi) is 3.59. The van der Waals surface area contributed by atoms with E-state index in [1.54, 1.807) is 0 Å². The number of aromatic nitrogens is 1. The standard InChI is InChI=1S/C17H21ClN2/c1-17(2)8-5-9-20(12-17)16-10-13(11-18)19-15-7-4-3-6-14(15)16/h3-4,6-7,10H,5,8-9,11-12H2,1-2H3. The molecule has 2 heterocycles. The van der Waals surface area contributed by atoms with Crippen LogP contribution in [-0.2, 0) is 5.88 Å². The van der Waals surface area contributed by atoms with Crippen molar-refractivity contribution in [2.75, 3.05) is 18.0 Å². The second-order valence-electron chi connectivity index (χ2n) is 6.47. The van der Waals surface area contributed by atoms with Crippen molar-refractivity contribution in [1.29, 1.82) is 0 Å². The van der Waals surface area contributed by atoms with Gasteiger partial charge in [0.2, 0.25) is 0 Å². The molecule has 0 unspecified atom stereocenters. The summed E-state index contributed by atoms with van der Waals surface area (Å²) in [4.78, 5) is 7.13. The van der Waals surface area contributed by atoms with Gasteiger partial charge in [-0.3, -0.25) is 4.98 Å². The number of halogens is 1. The van der Waals surface area contributed by atoms with Gasteiger partial charge in [-0.15, -0.1) is 11.6 Å². The van der Waals surface area contributed by atoms with Gasteiger partial charge >= 0.3 is 0 Å². The van der Waals surface area contributed by atoms with E-state index in [0.717, 1.165) is 24.3 Å². The van der Waals surface area contributed by atoms with Crippen molar-refractivity contribution in [3.05, 3.63) is 36.0 Å². The number of rotatable bonds is 2. The third kappa shape index (κ3) is 2.62. The number of para-hydroxylation sites is 1. The van der Waals surface area contributed by atoms with Crippen molar-refractivity contribution in [3.63, 3.8) is 0 Å². The van der Waals surface area contributed by atoms with Gasteiger partial charge in [-0.05, 0) is 30.4 Å². The smallest absolute Gasteiger partial charge is 0.0726 e. The highest BCUT2D eigenvalue weighted by Gasteiger charge is 2.27. The van der Waals surface area contributed by atoms with E-state index in [1.165, 1.54) is 23.9 Å². The third-order valence-electron chi connectivity index (χ3n) is 4.13. The molecule has 0 atom stereocenters. The Morgan fingerprint density at radius 1 is 1.30 bits per heavy atom. The van der Waals surface area contributed by atoms with Gasteiger partial charge in [0.05, 0.1) is 17.1 Å². The summed E-state index contributed by atoms with van der Waals surface area (Å²) in [5.74, 6) is 0.467. The maximum Gasteiger partial charge on any atom is 0.0726 e. The van der Waals surface area contributed by atoms with Gasteiger partial charge in [-0.25, -0.2) is 0 Å². The molecular formula is C17H21ClN2. The minimum absolute atomic E-state index is 0.379. The summed E-state index contributed by atoms with van der Waals surface area (Å²) >= 11 is 6.01. The lowest BCUT2D eigenvalue weighted by Crippen LogP contribution is -2.40. The first-order valence-corrected chi connectivity index (χ1v) is 7.82. The van der Waals surface area contributed by atoms with Crippen LogP contribution in [0.2, 0.25) is 0 Å². The first-order valence-electron chi connectivity index (χ1n) is 7.29. The predicted molar refractivity (Wildman–Crippen MR) is 86.5 cm³/mol. The summed E-state index contributed by atoms with van der Waals surface area (Å²) < 4.78 is 0. The second-order valence-corrected chi connectivity index (χ2v) is 6.74. The maximum absolute atomic E-state index is 6.01. The van der Waals surface area contributed by atoms with E-state index in [0.29, 0.717) is 11.3 Å². The largest absolute Gasteiger partial charge is 0.370 e. The van der Waals surface area contributed by atoms with E-state index in [9.17, 15) is 0 Å². The molecule has 0 amide bonds. The van der Waals surface area contributed by atoms with E-state index in [-0.39, 0.29) is 0 Å². The molecule has 0 N–H and O–H groups in total. The molecule has 0 radical (unpaired) electrons. The van der Waals surface area contributed by atoms with Crippen molar-refractivity contribution in [2.45, 2.75) is 32.6 Å². The molecule has 0 aliphatic carbocycles. The van der Waals surface area contributed by atoms with Crippen LogP contribution in [0.5, 0.6) is 0 Å². The highest BCUT2D eigenvalue weighted by molar-refractivity contribution is 6.17. The summed E-state index contributed by atoms with van der Waals surface area (Å²) in [5, 5.41) is 1.24. The molecular weight excluding hydrogens is 268 g/mol. The van der Waals surface area contributed by atoms with Crippen LogP contribution in [-0.4, -0.2) is 18.1 Å². The fourth-order valence-corrected chi connectivity index (χ4v) is 3.31. The lowest BCUT2D eigenvalue weighted by Gasteiger charge is -2.40. The van der Waals surface area contributed by atoms with Crippen LogP contribution in [0.4, 0.5) is 5.69 Å². The van der Waals surface area contributed by atoms with Crippen molar-refractivity contribution in [3.8, 4) is 0 Å². The molecule has 3 heteroatoms. The van der Waals surface area contributed by atoms with E-state index in [4.69, 9.17) is 11.6 Å². The molecule has 2 aromatic rings. The molecule has 0 saturated carbocycles. The van der Waals surface area contributed by atoms with Crippen LogP contribution < -0.4 is 4.90 Å². The fraction of sp³-hybridized carbons (Fsp3) is 0.471. The van der Waals surface area contributed by atoms with Gasteiger partial charge < -0.3 is 4.90 Å². The monoisotopic (exact) mass is 288 g/mol. The predicted octanol–water partition coefficient (Wildman–Crippen LogP) is 4.60. The van der Waals surface area contributed by atoms with Gasteiger partial charge in [0.25, 0.3) is 0 Å². The average Bonchev–Trinajstić information content (AvgIpc) is 2.45. The number of alkyl halides is 1. The minimum atomic E-state index is 0.379. The zero-order valence-electron chi connectivity index (χ0n) is 12.2. The normalized spacial score (nSPS) is 18.4. The second kappa shape index (κ2) is 5.25. The first-order chi connectivity index (χ1) is 9.59. The Hall–Kier alpha value is -1.28. The number of hydrogen-bond acceptors (Lipinski definition) is 2. The van der Waals surface area contributed by atoms with Crippen molar-refractivity contribution < 1.29 is 0 Å². The Morgan fingerprint density at radius 2 is 2.10 bits per heavy atom. The molecule has 20 heavy (non-hydrogen) atoms. The number of hydrogen-bond donors (Lipinski definition) is 0. The maximum atomic E-state index is 6.01. The van der Waals surface area contributed by atoms with Crippen LogP contribution in [0.15, 0.2) is 30.3 Å². The summed E-state index contributed by atoms with van der Waals surface area (Å²) in [6.45, 7) is 6.93. The third-order valence-corrected chi connectivity index (χ3v) is 4.40. The van der Waals surface area contributed by atoms with E-state index < -0.39 is 0 Å². The molecule has 1 aromatic carbocycles. The average molecular weight is 289 g/mol. The van der Waals surface area contributed by atoms with Crippen LogP contribution in [0.3, 0.4) is 0 Å². The fourth-order valence-electron chi connectivity index (χ4n) is 3.17. The topological polar surface area (TPSA) is 16.1 Å². The van der Waals surface area contributed by atoms with E-state index in [2.05, 4.69) is 48.0 Å². The van der Waals surface area contributed by atoms with Crippen LogP contribution in [0.25, 0.3) is 10.9 Å². The Balaban J connectivity index is 2.09. The van der Waals surface area contributed by atoms with Gasteiger partial charge in [-0.1, -0.05) is 32.0 Å². The molecule has 1 fully saturated rings. The lowest BCUT2D eigenvalue weighted by molar-refractivity contribution is 0.293. The number of anilines is 1. The quantitative estimate of drug-likeness (QED) is 0.751. The SMILES string of the molecule is CC1(C)CCCN(c2cc(CCl)nc3ccccc23)C1. The number of fused-ring (bicyclic) bond motifs is 1. The number of benzene rings is 1. The number of nitrogens with zero attached hydrogens (tertiary/aromatic N) is 2. The molecule has 0 bridgehead atoms. The lowest BCUT2D eigenvalue weighted by atomic mass is 9.84. The van der Waals surface area contributed by atoms with Gasteiger partial charge in [0.1, 0.15) is 0 Å². The molecule has 0 spiro atoms. The zero-order valence-corrected chi connectivity index (χ0v) is 13.0. The zero-order chi connectivity index (χ0) is 14.2. The highest BCUT2D eigenvalue weighted by Crippen LogP contribution is 2.35. The minimum Gasteiger partial charge on any atom is -0.370 e. The van der Waals surface area contributed by atoms with Gasteiger partial charge in [-0.2, -0.15) is 0 Å².